The third-order valence-corrected chi connectivity index (χ3v) is 6.60. The number of aryl methyl sites for hydroxylation is 3. The van der Waals surface area contributed by atoms with E-state index in [0.29, 0.717) is 11.5 Å². The summed E-state index contributed by atoms with van der Waals surface area (Å²) in [6, 6.07) is 0. The van der Waals surface area contributed by atoms with Crippen LogP contribution in [0.3, 0.4) is 0 Å². The van der Waals surface area contributed by atoms with Crippen LogP contribution >= 0.6 is 11.3 Å². The number of thiophene rings is 1. The van der Waals surface area contributed by atoms with Crippen LogP contribution in [0, 0.1) is 0 Å². The van der Waals surface area contributed by atoms with Crippen LogP contribution in [0.15, 0.2) is 37.3 Å². The average Bonchev–Trinajstić information content (AvgIpc) is 3.41. The second-order valence-corrected chi connectivity index (χ2v) is 8.51. The molecule has 7 nitrogen and oxygen atoms in total. The van der Waals surface area contributed by atoms with Crippen molar-refractivity contribution in [3.63, 3.8) is 0 Å². The van der Waals surface area contributed by atoms with E-state index in [9.17, 15) is 0 Å². The summed E-state index contributed by atoms with van der Waals surface area (Å²) in [6.07, 6.45) is 16.6. The molecule has 8 heteroatoms. The molecule has 4 heterocycles. The van der Waals surface area contributed by atoms with E-state index >= 15 is 0 Å². The fourth-order valence-corrected chi connectivity index (χ4v) is 5.21. The van der Waals surface area contributed by atoms with Gasteiger partial charge in [0.05, 0.1) is 17.9 Å². The lowest BCUT2D eigenvalue weighted by atomic mass is 9.97. The summed E-state index contributed by atoms with van der Waals surface area (Å²) < 4.78 is 2.11. The normalized spacial score (nSPS) is 13.6. The van der Waals surface area contributed by atoms with Gasteiger partial charge in [0.15, 0.2) is 5.82 Å². The lowest BCUT2D eigenvalue weighted by Crippen LogP contribution is -2.22. The fourth-order valence-electron chi connectivity index (χ4n) is 3.96. The Morgan fingerprint density at radius 1 is 1.10 bits per heavy atom. The first-order valence-electron chi connectivity index (χ1n) is 10.0. The van der Waals surface area contributed by atoms with Gasteiger partial charge in [-0.3, -0.25) is 4.98 Å². The zero-order chi connectivity index (χ0) is 19.6. The molecule has 0 saturated heterocycles. The summed E-state index contributed by atoms with van der Waals surface area (Å²) in [4.78, 5) is 27.4. The van der Waals surface area contributed by atoms with Crippen LogP contribution < -0.4 is 4.90 Å². The van der Waals surface area contributed by atoms with E-state index in [-0.39, 0.29) is 0 Å². The molecule has 0 N–H and O–H groups in total. The first kappa shape index (κ1) is 18.2. The van der Waals surface area contributed by atoms with Crippen molar-refractivity contribution >= 4 is 27.4 Å². The molecule has 0 fully saturated rings. The van der Waals surface area contributed by atoms with Crippen molar-refractivity contribution in [2.24, 2.45) is 0 Å². The maximum atomic E-state index is 4.97. The quantitative estimate of drug-likeness (QED) is 0.486. The zero-order valence-electron chi connectivity index (χ0n) is 16.5. The Labute approximate surface area is 173 Å². The maximum Gasteiger partial charge on any atom is 0.183 e. The zero-order valence-corrected chi connectivity index (χ0v) is 17.3. The predicted molar refractivity (Wildman–Crippen MR) is 115 cm³/mol. The van der Waals surface area contributed by atoms with E-state index in [0.717, 1.165) is 43.0 Å². The molecule has 4 aromatic rings. The van der Waals surface area contributed by atoms with Crippen LogP contribution in [0.4, 0.5) is 5.82 Å². The molecule has 5 rings (SSSR count). The summed E-state index contributed by atoms with van der Waals surface area (Å²) in [7, 11) is 2.13. The third kappa shape index (κ3) is 3.60. The molecule has 0 aromatic carbocycles. The van der Waals surface area contributed by atoms with Gasteiger partial charge in [-0.15, -0.1) is 11.3 Å². The number of aromatic nitrogens is 6. The molecule has 0 spiro atoms. The Bertz CT molecular complexity index is 1110. The third-order valence-electron chi connectivity index (χ3n) is 5.42. The smallest absolute Gasteiger partial charge is 0.183 e. The van der Waals surface area contributed by atoms with Crippen LogP contribution in [-0.2, 0) is 19.4 Å². The summed E-state index contributed by atoms with van der Waals surface area (Å²) in [5.41, 5.74) is 2.17. The van der Waals surface area contributed by atoms with Gasteiger partial charge in [-0.1, -0.05) is 0 Å². The summed E-state index contributed by atoms with van der Waals surface area (Å²) in [6.45, 7) is 1.85. The molecule has 1 aliphatic rings. The van der Waals surface area contributed by atoms with Gasteiger partial charge in [0.1, 0.15) is 16.3 Å². The highest BCUT2D eigenvalue weighted by atomic mass is 32.1. The minimum atomic E-state index is 0.653. The molecule has 148 valence electrons. The Balaban J connectivity index is 1.53. The SMILES string of the molecule is CN(CCCn1ccnc1)c1nc(-c2cnccn2)nc2sc3c(c12)CCCC3. The van der Waals surface area contributed by atoms with Gasteiger partial charge >= 0.3 is 0 Å². The maximum absolute atomic E-state index is 4.97. The number of hydrogen-bond acceptors (Lipinski definition) is 7. The molecule has 1 aliphatic carbocycles. The molecule has 0 atom stereocenters. The monoisotopic (exact) mass is 405 g/mol. The summed E-state index contributed by atoms with van der Waals surface area (Å²) in [5.74, 6) is 1.67. The fraction of sp³-hybridized carbons (Fsp3) is 0.381. The summed E-state index contributed by atoms with van der Waals surface area (Å²) in [5, 5.41) is 1.24. The van der Waals surface area contributed by atoms with Crippen LogP contribution in [0.5, 0.6) is 0 Å². The van der Waals surface area contributed by atoms with Gasteiger partial charge < -0.3 is 9.47 Å². The first-order valence-corrected chi connectivity index (χ1v) is 10.9. The molecular formula is C21H23N7S. The predicted octanol–water partition coefficient (Wildman–Crippen LogP) is 3.75. The van der Waals surface area contributed by atoms with Crippen molar-refractivity contribution in [2.75, 3.05) is 18.5 Å². The van der Waals surface area contributed by atoms with Gasteiger partial charge in [-0.25, -0.2) is 19.9 Å². The van der Waals surface area contributed by atoms with Crippen molar-refractivity contribution in [2.45, 2.75) is 38.6 Å². The highest BCUT2D eigenvalue weighted by Gasteiger charge is 2.23. The van der Waals surface area contributed by atoms with Gasteiger partial charge in [-0.05, 0) is 37.7 Å². The van der Waals surface area contributed by atoms with Crippen LogP contribution in [0.25, 0.3) is 21.7 Å². The summed E-state index contributed by atoms with van der Waals surface area (Å²) >= 11 is 1.82. The molecule has 0 bridgehead atoms. The largest absolute Gasteiger partial charge is 0.359 e. The van der Waals surface area contributed by atoms with Crippen molar-refractivity contribution in [3.8, 4) is 11.5 Å². The lowest BCUT2D eigenvalue weighted by Gasteiger charge is -2.21. The molecule has 0 unspecified atom stereocenters. The van der Waals surface area contributed by atoms with Crippen LogP contribution in [0.2, 0.25) is 0 Å². The van der Waals surface area contributed by atoms with E-state index in [1.807, 2.05) is 30.1 Å². The second kappa shape index (κ2) is 7.87. The van der Waals surface area contributed by atoms with Crippen molar-refractivity contribution in [1.29, 1.82) is 0 Å². The van der Waals surface area contributed by atoms with Crippen LogP contribution in [0.1, 0.15) is 29.7 Å². The van der Waals surface area contributed by atoms with Crippen molar-refractivity contribution < 1.29 is 0 Å². The molecule has 4 aromatic heterocycles. The van der Waals surface area contributed by atoms with E-state index in [4.69, 9.17) is 9.97 Å². The average molecular weight is 406 g/mol. The molecule has 0 radical (unpaired) electrons. The standard InChI is InChI=1S/C21H23N7S/c1-27(10-4-11-28-12-9-23-14-28)20-18-15-5-2-3-6-17(15)29-21(18)26-19(25-20)16-13-22-7-8-24-16/h7-9,12-14H,2-6,10-11H2,1H3. The van der Waals surface area contributed by atoms with E-state index in [2.05, 4.69) is 31.5 Å². The lowest BCUT2D eigenvalue weighted by molar-refractivity contribution is 0.636. The topological polar surface area (TPSA) is 72.6 Å². The Morgan fingerprint density at radius 2 is 2.03 bits per heavy atom. The van der Waals surface area contributed by atoms with Crippen molar-refractivity contribution in [1.82, 2.24) is 29.5 Å². The number of anilines is 1. The molecular weight excluding hydrogens is 382 g/mol. The van der Waals surface area contributed by atoms with E-state index < -0.39 is 0 Å². The highest BCUT2D eigenvalue weighted by molar-refractivity contribution is 7.19. The number of hydrogen-bond donors (Lipinski definition) is 0. The van der Waals surface area contributed by atoms with Crippen molar-refractivity contribution in [3.05, 3.63) is 47.8 Å². The molecule has 0 amide bonds. The second-order valence-electron chi connectivity index (χ2n) is 7.43. The number of rotatable bonds is 6. The Hall–Kier alpha value is -2.87. The van der Waals surface area contributed by atoms with Gasteiger partial charge in [0.2, 0.25) is 0 Å². The first-order chi connectivity index (χ1) is 14.3. The van der Waals surface area contributed by atoms with E-state index in [1.54, 1.807) is 18.6 Å². The molecule has 29 heavy (non-hydrogen) atoms. The number of imidazole rings is 1. The highest BCUT2D eigenvalue weighted by Crippen LogP contribution is 2.40. The van der Waals surface area contributed by atoms with E-state index in [1.165, 1.54) is 28.7 Å². The van der Waals surface area contributed by atoms with Crippen LogP contribution in [-0.4, -0.2) is 43.1 Å². The molecule has 0 aliphatic heterocycles. The van der Waals surface area contributed by atoms with Gasteiger partial charge in [0.25, 0.3) is 0 Å². The molecule has 0 saturated carbocycles. The Kier molecular flexibility index (Phi) is 4.93. The van der Waals surface area contributed by atoms with Gasteiger partial charge in [0, 0.05) is 49.8 Å². The minimum Gasteiger partial charge on any atom is -0.359 e. The van der Waals surface area contributed by atoms with Gasteiger partial charge in [-0.2, -0.15) is 0 Å². The number of nitrogens with zero attached hydrogens (tertiary/aromatic N) is 7. The minimum absolute atomic E-state index is 0.653. The number of fused-ring (bicyclic) bond motifs is 3. The Morgan fingerprint density at radius 3 is 2.86 bits per heavy atom.